The van der Waals surface area contributed by atoms with Crippen molar-refractivity contribution in [3.8, 4) is 0 Å². The highest BCUT2D eigenvalue weighted by Gasteiger charge is 2.10. The first-order valence-corrected chi connectivity index (χ1v) is 7.01. The van der Waals surface area contributed by atoms with Crippen LogP contribution in [0.3, 0.4) is 0 Å². The fourth-order valence-corrected chi connectivity index (χ4v) is 1.35. The van der Waals surface area contributed by atoms with Crippen molar-refractivity contribution >= 4 is 0 Å². The van der Waals surface area contributed by atoms with Gasteiger partial charge in [-0.15, -0.1) is 0 Å². The van der Waals surface area contributed by atoms with Crippen LogP contribution in [0.1, 0.15) is 66.7 Å². The van der Waals surface area contributed by atoms with E-state index in [1.54, 1.807) is 0 Å². The minimum atomic E-state index is -0.556. The average molecular weight is 259 g/mol. The van der Waals surface area contributed by atoms with Gasteiger partial charge in [-0.25, -0.2) is 0 Å². The molecular formula is C15H33NO2. The van der Waals surface area contributed by atoms with Gasteiger partial charge in [-0.2, -0.15) is 0 Å². The summed E-state index contributed by atoms with van der Waals surface area (Å²) in [6.07, 6.45) is 6.78. The van der Waals surface area contributed by atoms with Crippen LogP contribution in [0.4, 0.5) is 0 Å². The van der Waals surface area contributed by atoms with Crippen molar-refractivity contribution in [1.29, 1.82) is 0 Å². The molecule has 0 rings (SSSR count). The Labute approximate surface area is 113 Å². The van der Waals surface area contributed by atoms with E-state index in [1.165, 1.54) is 5.57 Å². The van der Waals surface area contributed by atoms with Crippen LogP contribution >= 0.6 is 0 Å². The molecule has 0 saturated carbocycles. The highest BCUT2D eigenvalue weighted by molar-refractivity contribution is 4.97. The third-order valence-corrected chi connectivity index (χ3v) is 2.85. The van der Waals surface area contributed by atoms with Gasteiger partial charge in [-0.1, -0.05) is 25.5 Å². The zero-order valence-corrected chi connectivity index (χ0v) is 12.9. The number of nitrogens with two attached hydrogens (primary N) is 1. The molecule has 0 radical (unpaired) electrons. The third-order valence-electron chi connectivity index (χ3n) is 2.85. The van der Waals surface area contributed by atoms with Gasteiger partial charge in [-0.3, -0.25) is 0 Å². The molecule has 0 spiro atoms. The quantitative estimate of drug-likeness (QED) is 0.616. The Morgan fingerprint density at radius 1 is 1.28 bits per heavy atom. The predicted molar refractivity (Wildman–Crippen MR) is 79.5 cm³/mol. The molecule has 3 nitrogen and oxygen atoms in total. The van der Waals surface area contributed by atoms with E-state index in [0.29, 0.717) is 6.04 Å². The molecule has 0 aliphatic heterocycles. The Morgan fingerprint density at radius 2 is 1.78 bits per heavy atom. The predicted octanol–water partition coefficient (Wildman–Crippen LogP) is 3.00. The Bertz CT molecular complexity index is 203. The van der Waals surface area contributed by atoms with Gasteiger partial charge >= 0.3 is 0 Å². The summed E-state index contributed by atoms with van der Waals surface area (Å²) in [4.78, 5) is 0. The van der Waals surface area contributed by atoms with Crippen LogP contribution in [0.2, 0.25) is 0 Å². The summed E-state index contributed by atoms with van der Waals surface area (Å²) in [6, 6.07) is 0.435. The van der Waals surface area contributed by atoms with Crippen molar-refractivity contribution in [1.82, 2.24) is 0 Å². The molecule has 18 heavy (non-hydrogen) atoms. The lowest BCUT2D eigenvalue weighted by Crippen LogP contribution is -2.17. The van der Waals surface area contributed by atoms with Crippen LogP contribution in [0, 0.1) is 0 Å². The molecule has 0 saturated heterocycles. The van der Waals surface area contributed by atoms with Crippen molar-refractivity contribution in [2.45, 2.75) is 78.4 Å². The number of allylic oxidation sites excluding steroid dienone is 1. The molecule has 0 aliphatic rings. The second-order valence-corrected chi connectivity index (χ2v) is 5.48. The van der Waals surface area contributed by atoms with E-state index < -0.39 is 5.60 Å². The zero-order chi connectivity index (χ0) is 14.6. The Balaban J connectivity index is 0. The van der Waals surface area contributed by atoms with E-state index in [9.17, 15) is 5.11 Å². The summed E-state index contributed by atoms with van der Waals surface area (Å²) in [5.41, 5.74) is 6.11. The number of hydrogen-bond donors (Lipinski definition) is 3. The lowest BCUT2D eigenvalue weighted by atomic mass is 9.99. The topological polar surface area (TPSA) is 66.5 Å². The monoisotopic (exact) mass is 259 g/mol. The molecule has 0 fully saturated rings. The van der Waals surface area contributed by atoms with E-state index in [4.69, 9.17) is 10.8 Å². The first kappa shape index (κ1) is 19.9. The smallest absolute Gasteiger partial charge is 0.0614 e. The molecule has 0 aromatic rings. The van der Waals surface area contributed by atoms with Crippen molar-refractivity contribution in [3.63, 3.8) is 0 Å². The van der Waals surface area contributed by atoms with Crippen molar-refractivity contribution in [2.24, 2.45) is 5.73 Å². The van der Waals surface area contributed by atoms with Gasteiger partial charge < -0.3 is 15.9 Å². The first-order valence-electron chi connectivity index (χ1n) is 7.01. The Hall–Kier alpha value is -0.380. The summed E-state index contributed by atoms with van der Waals surface area (Å²) in [7, 11) is 0. The van der Waals surface area contributed by atoms with Crippen LogP contribution in [0.15, 0.2) is 11.6 Å². The lowest BCUT2D eigenvalue weighted by Gasteiger charge is -2.16. The van der Waals surface area contributed by atoms with Gasteiger partial charge in [0.15, 0.2) is 0 Å². The fourth-order valence-electron chi connectivity index (χ4n) is 1.35. The van der Waals surface area contributed by atoms with E-state index in [2.05, 4.69) is 13.8 Å². The molecule has 0 unspecified atom stereocenters. The number of hydrogen-bond acceptors (Lipinski definition) is 3. The SMILES string of the molecule is C/C(=C\CO)CCCC(C)(C)O.CCC(N)CC. The maximum atomic E-state index is 9.39. The maximum Gasteiger partial charge on any atom is 0.0614 e. The molecule has 0 aromatic carbocycles. The molecule has 3 heteroatoms. The van der Waals surface area contributed by atoms with E-state index in [-0.39, 0.29) is 6.61 Å². The summed E-state index contributed by atoms with van der Waals surface area (Å²) >= 11 is 0. The van der Waals surface area contributed by atoms with Gasteiger partial charge in [0.05, 0.1) is 12.2 Å². The highest BCUT2D eigenvalue weighted by atomic mass is 16.3. The summed E-state index contributed by atoms with van der Waals surface area (Å²) in [6.45, 7) is 9.97. The van der Waals surface area contributed by atoms with Crippen molar-refractivity contribution in [3.05, 3.63) is 11.6 Å². The molecule has 4 N–H and O–H groups in total. The van der Waals surface area contributed by atoms with Crippen LogP contribution in [-0.2, 0) is 0 Å². The molecule has 110 valence electrons. The lowest BCUT2D eigenvalue weighted by molar-refractivity contribution is 0.0689. The Morgan fingerprint density at radius 3 is 2.06 bits per heavy atom. The molecule has 0 heterocycles. The largest absolute Gasteiger partial charge is 0.392 e. The number of aliphatic hydroxyl groups excluding tert-OH is 1. The van der Waals surface area contributed by atoms with Crippen molar-refractivity contribution < 1.29 is 10.2 Å². The third kappa shape index (κ3) is 18.0. The van der Waals surface area contributed by atoms with Crippen LogP contribution < -0.4 is 5.73 Å². The molecule has 0 amide bonds. The highest BCUT2D eigenvalue weighted by Crippen LogP contribution is 2.14. The molecular weight excluding hydrogens is 226 g/mol. The van der Waals surface area contributed by atoms with Gasteiger partial charge in [0.25, 0.3) is 0 Å². The number of rotatable bonds is 7. The molecule has 0 atom stereocenters. The minimum Gasteiger partial charge on any atom is -0.392 e. The summed E-state index contributed by atoms with van der Waals surface area (Å²) in [5.74, 6) is 0. The zero-order valence-electron chi connectivity index (χ0n) is 12.9. The molecule has 0 aromatic heterocycles. The maximum absolute atomic E-state index is 9.39. The van der Waals surface area contributed by atoms with Crippen LogP contribution in [-0.4, -0.2) is 28.5 Å². The van der Waals surface area contributed by atoms with Gasteiger partial charge in [0, 0.05) is 6.04 Å². The average Bonchev–Trinajstić information content (AvgIpc) is 2.27. The summed E-state index contributed by atoms with van der Waals surface area (Å²) in [5, 5.41) is 18.0. The minimum absolute atomic E-state index is 0.119. The number of aliphatic hydroxyl groups is 2. The van der Waals surface area contributed by atoms with Crippen LogP contribution in [0.25, 0.3) is 0 Å². The standard InChI is InChI=1S/C10H20O2.C5H13N/c1-9(6-8-11)5-4-7-10(2,3)12;1-3-5(6)4-2/h6,11-12H,4-5,7-8H2,1-3H3;5H,3-4,6H2,1-2H3/b9-6+;. The van der Waals surface area contributed by atoms with Gasteiger partial charge in [0.2, 0.25) is 0 Å². The van der Waals surface area contributed by atoms with Gasteiger partial charge in [0.1, 0.15) is 0 Å². The molecule has 0 aliphatic carbocycles. The second-order valence-electron chi connectivity index (χ2n) is 5.48. The van der Waals surface area contributed by atoms with Gasteiger partial charge in [-0.05, 0) is 52.9 Å². The fraction of sp³-hybridized carbons (Fsp3) is 0.867. The second kappa shape index (κ2) is 11.7. The molecule has 0 bridgehead atoms. The van der Waals surface area contributed by atoms with E-state index >= 15 is 0 Å². The van der Waals surface area contributed by atoms with E-state index in [1.807, 2.05) is 26.8 Å². The first-order chi connectivity index (χ1) is 8.26. The van der Waals surface area contributed by atoms with Crippen molar-refractivity contribution in [2.75, 3.05) is 6.61 Å². The summed E-state index contributed by atoms with van der Waals surface area (Å²) < 4.78 is 0. The normalized spacial score (nSPS) is 12.4. The Kier molecular flexibility index (Phi) is 13.0. The van der Waals surface area contributed by atoms with Crippen LogP contribution in [0.5, 0.6) is 0 Å². The van der Waals surface area contributed by atoms with E-state index in [0.717, 1.165) is 32.1 Å².